The molecule has 0 aliphatic carbocycles. The Morgan fingerprint density at radius 1 is 0.774 bits per heavy atom. The van der Waals surface area contributed by atoms with Crippen LogP contribution in [0.2, 0.25) is 10.0 Å². The lowest BCUT2D eigenvalue weighted by Crippen LogP contribution is -2.02. The fourth-order valence-corrected chi connectivity index (χ4v) is 3.71. The number of aromatic nitrogens is 6. The van der Waals surface area contributed by atoms with Crippen LogP contribution in [0.15, 0.2) is 79.0 Å². The topological polar surface area (TPSA) is 61.4 Å². The quantitative estimate of drug-likeness (QED) is 0.350. The Labute approximate surface area is 188 Å². The monoisotopic (exact) mass is 446 g/mol. The maximum absolute atomic E-state index is 6.28. The zero-order valence-corrected chi connectivity index (χ0v) is 18.0. The van der Waals surface area contributed by atoms with Crippen LogP contribution in [0.1, 0.15) is 5.56 Å². The second kappa shape index (κ2) is 7.98. The summed E-state index contributed by atoms with van der Waals surface area (Å²) in [4.78, 5) is 0. The van der Waals surface area contributed by atoms with Crippen molar-refractivity contribution in [2.24, 2.45) is 0 Å². The Kier molecular flexibility index (Phi) is 5.02. The highest BCUT2D eigenvalue weighted by Gasteiger charge is 2.21. The average molecular weight is 447 g/mol. The van der Waals surface area contributed by atoms with E-state index in [9.17, 15) is 0 Å². The first kappa shape index (κ1) is 19.5. The predicted octanol–water partition coefficient (Wildman–Crippen LogP) is 5.80. The molecule has 152 valence electrons. The van der Waals surface area contributed by atoms with Gasteiger partial charge in [0, 0.05) is 5.56 Å². The van der Waals surface area contributed by atoms with Gasteiger partial charge in [0.1, 0.15) is 0 Å². The summed E-state index contributed by atoms with van der Waals surface area (Å²) in [6.07, 6.45) is 1.77. The van der Waals surface area contributed by atoms with Gasteiger partial charge in [-0.25, -0.2) is 4.68 Å². The largest absolute Gasteiger partial charge is 0.232 e. The molecule has 5 rings (SSSR count). The molecule has 0 saturated carbocycles. The molecular weight excluding hydrogens is 431 g/mol. The van der Waals surface area contributed by atoms with Crippen molar-refractivity contribution in [1.29, 1.82) is 0 Å². The van der Waals surface area contributed by atoms with Gasteiger partial charge in [0.15, 0.2) is 5.82 Å². The summed E-state index contributed by atoms with van der Waals surface area (Å²) in [7, 11) is 0. The maximum Gasteiger partial charge on any atom is 0.190 e. The van der Waals surface area contributed by atoms with Crippen LogP contribution in [0.4, 0.5) is 0 Å². The summed E-state index contributed by atoms with van der Waals surface area (Å²) in [5.74, 6) is 0.592. The van der Waals surface area contributed by atoms with E-state index in [1.807, 2.05) is 72.3 Å². The van der Waals surface area contributed by atoms with Crippen LogP contribution in [-0.4, -0.2) is 30.0 Å². The highest BCUT2D eigenvalue weighted by molar-refractivity contribution is 6.42. The number of rotatable bonds is 4. The molecule has 2 heterocycles. The Bertz CT molecular complexity index is 1360. The first-order valence-electron chi connectivity index (χ1n) is 9.56. The first-order valence-corrected chi connectivity index (χ1v) is 10.3. The molecule has 0 aliphatic rings. The van der Waals surface area contributed by atoms with Crippen molar-refractivity contribution in [3.05, 3.63) is 94.6 Å². The maximum atomic E-state index is 6.28. The van der Waals surface area contributed by atoms with Crippen LogP contribution in [0, 0.1) is 6.92 Å². The average Bonchev–Trinajstić information content (AvgIpc) is 3.44. The SMILES string of the molecule is Cc1ccc(-n2nnnc2-c2cnn(-c3ccc(Cl)c(Cl)c3)c2-c2ccccc2)cc1. The van der Waals surface area contributed by atoms with Crippen molar-refractivity contribution in [3.63, 3.8) is 0 Å². The van der Waals surface area contributed by atoms with Gasteiger partial charge in [-0.05, 0) is 47.7 Å². The number of aryl methyl sites for hydroxylation is 1. The zero-order chi connectivity index (χ0) is 21.4. The number of halogens is 2. The summed E-state index contributed by atoms with van der Waals surface area (Å²) in [6, 6.07) is 23.4. The molecule has 0 fully saturated rings. The fraction of sp³-hybridized carbons (Fsp3) is 0.0435. The molecule has 8 heteroatoms. The molecule has 0 radical (unpaired) electrons. The summed E-state index contributed by atoms with van der Waals surface area (Å²) in [5, 5.41) is 18.0. The van der Waals surface area contributed by atoms with E-state index in [4.69, 9.17) is 23.2 Å². The zero-order valence-electron chi connectivity index (χ0n) is 16.4. The Morgan fingerprint density at radius 3 is 2.26 bits per heavy atom. The lowest BCUT2D eigenvalue weighted by molar-refractivity contribution is 0.791. The summed E-state index contributed by atoms with van der Waals surface area (Å²) in [5.41, 5.74) is 5.43. The van der Waals surface area contributed by atoms with E-state index in [0.717, 1.165) is 33.8 Å². The smallest absolute Gasteiger partial charge is 0.190 e. The van der Waals surface area contributed by atoms with Gasteiger partial charge in [-0.2, -0.15) is 9.78 Å². The Morgan fingerprint density at radius 2 is 1.52 bits per heavy atom. The van der Waals surface area contributed by atoms with Crippen LogP contribution in [-0.2, 0) is 0 Å². The van der Waals surface area contributed by atoms with Crippen molar-refractivity contribution >= 4 is 23.2 Å². The minimum atomic E-state index is 0.458. The molecule has 0 aliphatic heterocycles. The van der Waals surface area contributed by atoms with E-state index < -0.39 is 0 Å². The van der Waals surface area contributed by atoms with Gasteiger partial charge >= 0.3 is 0 Å². The number of nitrogens with zero attached hydrogens (tertiary/aromatic N) is 6. The molecule has 0 saturated heterocycles. The van der Waals surface area contributed by atoms with Crippen LogP contribution in [0.3, 0.4) is 0 Å². The Hall–Kier alpha value is -3.48. The third-order valence-electron chi connectivity index (χ3n) is 4.95. The standard InChI is InChI=1S/C23H16Cl2N6/c1-15-7-9-17(10-8-15)31-23(27-28-29-31)19-14-26-30(18-11-12-20(24)21(25)13-18)22(19)16-5-3-2-4-6-16/h2-14H,1H3. The molecule has 31 heavy (non-hydrogen) atoms. The summed E-state index contributed by atoms with van der Waals surface area (Å²) < 4.78 is 3.53. The van der Waals surface area contributed by atoms with Gasteiger partial charge in [0.05, 0.1) is 38.9 Å². The lowest BCUT2D eigenvalue weighted by atomic mass is 10.1. The number of hydrogen-bond acceptors (Lipinski definition) is 4. The summed E-state index contributed by atoms with van der Waals surface area (Å²) >= 11 is 12.4. The molecule has 0 atom stereocenters. The summed E-state index contributed by atoms with van der Waals surface area (Å²) in [6.45, 7) is 2.04. The molecule has 0 amide bonds. The van der Waals surface area contributed by atoms with Crippen molar-refractivity contribution in [2.45, 2.75) is 6.92 Å². The van der Waals surface area contributed by atoms with E-state index in [1.165, 1.54) is 0 Å². The molecule has 0 unspecified atom stereocenters. The van der Waals surface area contributed by atoms with Gasteiger partial charge in [0.25, 0.3) is 0 Å². The predicted molar refractivity (Wildman–Crippen MR) is 122 cm³/mol. The number of tetrazole rings is 1. The van der Waals surface area contributed by atoms with Gasteiger partial charge in [-0.15, -0.1) is 5.10 Å². The number of benzene rings is 3. The van der Waals surface area contributed by atoms with Crippen LogP contribution in [0.5, 0.6) is 0 Å². The normalized spacial score (nSPS) is 11.1. The second-order valence-electron chi connectivity index (χ2n) is 7.03. The highest BCUT2D eigenvalue weighted by atomic mass is 35.5. The molecule has 0 N–H and O–H groups in total. The third-order valence-corrected chi connectivity index (χ3v) is 5.69. The molecule has 3 aromatic carbocycles. The van der Waals surface area contributed by atoms with Crippen molar-refractivity contribution in [3.8, 4) is 34.0 Å². The minimum Gasteiger partial charge on any atom is -0.232 e. The Balaban J connectivity index is 1.73. The van der Waals surface area contributed by atoms with E-state index in [0.29, 0.717) is 15.9 Å². The highest BCUT2D eigenvalue weighted by Crippen LogP contribution is 2.34. The second-order valence-corrected chi connectivity index (χ2v) is 7.85. The van der Waals surface area contributed by atoms with E-state index in [2.05, 4.69) is 20.6 Å². The van der Waals surface area contributed by atoms with Gasteiger partial charge < -0.3 is 0 Å². The van der Waals surface area contributed by atoms with Crippen molar-refractivity contribution in [1.82, 2.24) is 30.0 Å². The van der Waals surface area contributed by atoms with Crippen LogP contribution < -0.4 is 0 Å². The van der Waals surface area contributed by atoms with E-state index in [1.54, 1.807) is 23.0 Å². The molecule has 0 bridgehead atoms. The molecule has 0 spiro atoms. The lowest BCUT2D eigenvalue weighted by Gasteiger charge is -2.11. The van der Waals surface area contributed by atoms with Crippen molar-refractivity contribution in [2.75, 3.05) is 0 Å². The molecular formula is C23H16Cl2N6. The fourth-order valence-electron chi connectivity index (χ4n) is 3.41. The molecule has 2 aromatic heterocycles. The first-order chi connectivity index (χ1) is 15.1. The van der Waals surface area contributed by atoms with Gasteiger partial charge in [0.2, 0.25) is 0 Å². The van der Waals surface area contributed by atoms with Gasteiger partial charge in [-0.3, -0.25) is 0 Å². The minimum absolute atomic E-state index is 0.458. The van der Waals surface area contributed by atoms with E-state index in [-0.39, 0.29) is 0 Å². The van der Waals surface area contributed by atoms with Crippen LogP contribution >= 0.6 is 23.2 Å². The molecule has 5 aromatic rings. The van der Waals surface area contributed by atoms with Gasteiger partial charge in [-0.1, -0.05) is 71.2 Å². The third kappa shape index (κ3) is 3.60. The molecule has 6 nitrogen and oxygen atoms in total. The van der Waals surface area contributed by atoms with Crippen molar-refractivity contribution < 1.29 is 0 Å². The van der Waals surface area contributed by atoms with E-state index >= 15 is 0 Å². The van der Waals surface area contributed by atoms with Crippen LogP contribution in [0.25, 0.3) is 34.0 Å². The number of hydrogen-bond donors (Lipinski definition) is 0.